The summed E-state index contributed by atoms with van der Waals surface area (Å²) in [5.41, 5.74) is 0.752. The van der Waals surface area contributed by atoms with Crippen molar-refractivity contribution in [2.45, 2.75) is 101 Å². The Bertz CT molecular complexity index is 1020. The van der Waals surface area contributed by atoms with Crippen molar-refractivity contribution in [1.29, 1.82) is 10.5 Å². The summed E-state index contributed by atoms with van der Waals surface area (Å²) in [4.78, 5) is 43.3. The van der Waals surface area contributed by atoms with Gasteiger partial charge in [0, 0.05) is 59.5 Å². The molecule has 1 aromatic rings. The first kappa shape index (κ1) is 28.1. The Morgan fingerprint density at radius 1 is 0.615 bits per heavy atom. The molecule has 39 heavy (non-hydrogen) atoms. The predicted molar refractivity (Wildman–Crippen MR) is 144 cm³/mol. The second-order valence-electron chi connectivity index (χ2n) is 11.2. The molecule has 0 unspecified atom stereocenters. The first-order chi connectivity index (χ1) is 18.9. The molecule has 0 aliphatic heterocycles. The lowest BCUT2D eigenvalue weighted by atomic mass is 9.86. The Labute approximate surface area is 230 Å². The molecule has 0 spiro atoms. The molecule has 0 atom stereocenters. The van der Waals surface area contributed by atoms with Crippen molar-refractivity contribution in [3.8, 4) is 12.1 Å². The van der Waals surface area contributed by atoms with Gasteiger partial charge in [0.1, 0.15) is 0 Å². The molecule has 3 fully saturated rings. The van der Waals surface area contributed by atoms with Gasteiger partial charge in [-0.2, -0.15) is 10.5 Å². The molecule has 0 heterocycles. The Balaban J connectivity index is 1.49. The number of nitrogens with one attached hydrogen (secondary N) is 3. The molecule has 9 nitrogen and oxygen atoms in total. The van der Waals surface area contributed by atoms with E-state index in [0.29, 0.717) is 0 Å². The van der Waals surface area contributed by atoms with Gasteiger partial charge in [0.05, 0.1) is 12.1 Å². The summed E-state index contributed by atoms with van der Waals surface area (Å²) in [6.07, 6.45) is 8.76. The number of benzene rings is 1. The maximum atomic E-state index is 13.2. The predicted octanol–water partition coefficient (Wildman–Crippen LogP) is 4.27. The molecule has 4 rings (SSSR count). The summed E-state index contributed by atoms with van der Waals surface area (Å²) in [5, 5.41) is 27.4. The van der Waals surface area contributed by atoms with E-state index in [-0.39, 0.29) is 70.4 Å². The van der Waals surface area contributed by atoms with Crippen molar-refractivity contribution >= 4 is 17.7 Å². The lowest BCUT2D eigenvalue weighted by Crippen LogP contribution is -2.40. The van der Waals surface area contributed by atoms with E-state index in [9.17, 15) is 14.4 Å². The Hall–Kier alpha value is -3.90. The zero-order valence-corrected chi connectivity index (χ0v) is 22.2. The molecule has 3 aliphatic rings. The standard InChI is InChI=1S/C30H36N6O3/c1-33-24-10-12-27(13-11-24)36-30(39)23-15-21(28(37)34-25-6-2-19(17-31)3-7-25)14-22(16-23)29(38)35-26-8-4-20(18-32)5-9-26/h14-16,19-20,24-27H,2-13H2,(H,34,37)(H,35,38)(H,36,39). The van der Waals surface area contributed by atoms with Gasteiger partial charge in [-0.3, -0.25) is 14.4 Å². The first-order valence-corrected chi connectivity index (χ1v) is 14.1. The van der Waals surface area contributed by atoms with Gasteiger partial charge in [-0.25, -0.2) is 6.57 Å². The summed E-state index contributed by atoms with van der Waals surface area (Å²) in [7, 11) is 0. The van der Waals surface area contributed by atoms with Crippen molar-refractivity contribution in [2.24, 2.45) is 11.8 Å². The number of hydrogen-bond donors (Lipinski definition) is 3. The highest BCUT2D eigenvalue weighted by Gasteiger charge is 2.28. The van der Waals surface area contributed by atoms with E-state index < -0.39 is 0 Å². The second-order valence-corrected chi connectivity index (χ2v) is 11.2. The molecule has 3 amide bonds. The van der Waals surface area contributed by atoms with Crippen LogP contribution >= 0.6 is 0 Å². The van der Waals surface area contributed by atoms with Gasteiger partial charge in [0.15, 0.2) is 0 Å². The van der Waals surface area contributed by atoms with Gasteiger partial charge in [0.2, 0.25) is 6.04 Å². The summed E-state index contributed by atoms with van der Waals surface area (Å²) in [6, 6.07) is 9.05. The number of rotatable bonds is 6. The van der Waals surface area contributed by atoms with Crippen LogP contribution in [-0.4, -0.2) is 41.9 Å². The van der Waals surface area contributed by atoms with Gasteiger partial charge in [-0.1, -0.05) is 0 Å². The van der Waals surface area contributed by atoms with Crippen molar-refractivity contribution in [3.05, 3.63) is 46.3 Å². The summed E-state index contributed by atoms with van der Waals surface area (Å²) in [5.74, 6) is -0.978. The molecule has 3 N–H and O–H groups in total. The minimum atomic E-state index is -0.341. The third-order valence-corrected chi connectivity index (χ3v) is 8.42. The van der Waals surface area contributed by atoms with E-state index in [1.54, 1.807) is 0 Å². The van der Waals surface area contributed by atoms with Crippen LogP contribution in [0.3, 0.4) is 0 Å². The number of nitrogens with zero attached hydrogens (tertiary/aromatic N) is 3. The zero-order chi connectivity index (χ0) is 27.8. The fourth-order valence-electron chi connectivity index (χ4n) is 5.91. The molecule has 3 saturated carbocycles. The van der Waals surface area contributed by atoms with Crippen LogP contribution in [0.15, 0.2) is 18.2 Å². The SMILES string of the molecule is [C-]#[N+]C1CCC(NC(=O)c2cc(C(=O)NC3CCC(C#N)CC3)cc(C(=O)NC3CCC(C#N)CC3)c2)CC1. The molecule has 9 heteroatoms. The third kappa shape index (κ3) is 7.58. The van der Waals surface area contributed by atoms with Gasteiger partial charge >= 0.3 is 0 Å². The topological polar surface area (TPSA) is 139 Å². The van der Waals surface area contributed by atoms with Gasteiger partial charge < -0.3 is 20.8 Å². The highest BCUT2D eigenvalue weighted by molar-refractivity contribution is 6.04. The number of hydrogen-bond acceptors (Lipinski definition) is 5. The number of nitriles is 2. The Morgan fingerprint density at radius 3 is 1.21 bits per heavy atom. The summed E-state index contributed by atoms with van der Waals surface area (Å²) < 4.78 is 0. The smallest absolute Gasteiger partial charge is 0.251 e. The first-order valence-electron chi connectivity index (χ1n) is 14.1. The number of amides is 3. The second kappa shape index (κ2) is 13.3. The average Bonchev–Trinajstić information content (AvgIpc) is 2.98. The van der Waals surface area contributed by atoms with E-state index in [4.69, 9.17) is 17.1 Å². The molecular formula is C30H36N6O3. The maximum absolute atomic E-state index is 13.2. The van der Waals surface area contributed by atoms with E-state index in [0.717, 1.165) is 77.0 Å². The largest absolute Gasteiger partial charge is 0.349 e. The highest BCUT2D eigenvalue weighted by atomic mass is 16.2. The van der Waals surface area contributed by atoms with Crippen LogP contribution < -0.4 is 16.0 Å². The van der Waals surface area contributed by atoms with Crippen molar-refractivity contribution < 1.29 is 14.4 Å². The van der Waals surface area contributed by atoms with Crippen molar-refractivity contribution in [1.82, 2.24) is 16.0 Å². The minimum Gasteiger partial charge on any atom is -0.349 e. The summed E-state index contributed by atoms with van der Waals surface area (Å²) in [6.45, 7) is 7.22. The van der Waals surface area contributed by atoms with Crippen LogP contribution in [0, 0.1) is 41.1 Å². The quantitative estimate of drug-likeness (QED) is 0.473. The minimum absolute atomic E-state index is 0.00641. The van der Waals surface area contributed by atoms with Gasteiger partial charge in [0.25, 0.3) is 17.7 Å². The van der Waals surface area contributed by atoms with Gasteiger partial charge in [-0.15, -0.1) is 0 Å². The summed E-state index contributed by atoms with van der Waals surface area (Å²) >= 11 is 0. The van der Waals surface area contributed by atoms with E-state index in [1.807, 2.05) is 0 Å². The van der Waals surface area contributed by atoms with E-state index >= 15 is 0 Å². The van der Waals surface area contributed by atoms with Crippen molar-refractivity contribution in [2.75, 3.05) is 0 Å². The van der Waals surface area contributed by atoms with Crippen molar-refractivity contribution in [3.63, 3.8) is 0 Å². The fraction of sp³-hybridized carbons (Fsp3) is 0.600. The maximum Gasteiger partial charge on any atom is 0.251 e. The molecule has 0 aromatic heterocycles. The van der Waals surface area contributed by atoms with Crippen LogP contribution in [0.25, 0.3) is 4.85 Å². The molecule has 3 aliphatic carbocycles. The lowest BCUT2D eigenvalue weighted by Gasteiger charge is -2.26. The molecule has 0 radical (unpaired) electrons. The zero-order valence-electron chi connectivity index (χ0n) is 22.2. The van der Waals surface area contributed by atoms with Crippen LogP contribution in [0.2, 0.25) is 0 Å². The van der Waals surface area contributed by atoms with E-state index in [2.05, 4.69) is 32.9 Å². The monoisotopic (exact) mass is 528 g/mol. The van der Waals surface area contributed by atoms with Crippen LogP contribution in [0.5, 0.6) is 0 Å². The van der Waals surface area contributed by atoms with Crippen LogP contribution in [0.4, 0.5) is 0 Å². The normalized spacial score (nSPS) is 28.5. The molecule has 0 bridgehead atoms. The fourth-order valence-corrected chi connectivity index (χ4v) is 5.91. The lowest BCUT2D eigenvalue weighted by molar-refractivity contribution is 0.0924. The Morgan fingerprint density at radius 2 is 0.923 bits per heavy atom. The molecule has 1 aromatic carbocycles. The van der Waals surface area contributed by atoms with Gasteiger partial charge in [-0.05, 0) is 82.4 Å². The highest BCUT2D eigenvalue weighted by Crippen LogP contribution is 2.26. The molecular weight excluding hydrogens is 492 g/mol. The van der Waals surface area contributed by atoms with Crippen LogP contribution in [-0.2, 0) is 0 Å². The van der Waals surface area contributed by atoms with E-state index in [1.165, 1.54) is 18.2 Å². The Kier molecular flexibility index (Phi) is 9.55. The number of carbonyl (C=O) groups is 3. The number of carbonyl (C=O) groups excluding carboxylic acids is 3. The molecule has 0 saturated heterocycles. The van der Waals surface area contributed by atoms with Crippen LogP contribution in [0.1, 0.15) is 108 Å². The average molecular weight is 529 g/mol. The molecule has 204 valence electrons. The third-order valence-electron chi connectivity index (χ3n) is 8.42.